The molecule has 1 atom stereocenters. The van der Waals surface area contributed by atoms with E-state index < -0.39 is 0 Å². The van der Waals surface area contributed by atoms with Gasteiger partial charge in [-0.1, -0.05) is 13.0 Å². The smallest absolute Gasteiger partial charge is 0.243 e. The monoisotopic (exact) mass is 379 g/mol. The van der Waals surface area contributed by atoms with Crippen LogP contribution in [0.25, 0.3) is 0 Å². The Morgan fingerprint density at radius 2 is 2.20 bits per heavy atom. The summed E-state index contributed by atoms with van der Waals surface area (Å²) in [6.45, 7) is 5.71. The molecule has 0 aliphatic heterocycles. The average Bonchev–Trinajstić information content (AvgIpc) is 3.24. The Kier molecular flexibility index (Phi) is 7.39. The van der Waals surface area contributed by atoms with Crippen LogP contribution in [0.15, 0.2) is 28.7 Å². The number of carbonyl (C=O) groups is 1. The summed E-state index contributed by atoms with van der Waals surface area (Å²) in [4.78, 5) is 24.6. The molecule has 0 aliphatic rings. The zero-order valence-electron chi connectivity index (χ0n) is 15.1. The van der Waals surface area contributed by atoms with Gasteiger partial charge in [-0.05, 0) is 18.4 Å². The Bertz CT molecular complexity index is 694. The number of aliphatic imine (C=N–C) groups is 1. The minimum Gasteiger partial charge on any atom is -0.356 e. The Labute approximate surface area is 157 Å². The van der Waals surface area contributed by atoms with E-state index in [1.165, 1.54) is 9.75 Å². The molecule has 0 aliphatic carbocycles. The van der Waals surface area contributed by atoms with Gasteiger partial charge in [0.25, 0.3) is 0 Å². The van der Waals surface area contributed by atoms with Gasteiger partial charge < -0.3 is 15.5 Å². The number of hydrogen-bond acceptors (Lipinski definition) is 5. The van der Waals surface area contributed by atoms with Crippen molar-refractivity contribution in [3.05, 3.63) is 38.5 Å². The molecule has 6 nitrogen and oxygen atoms in total. The first kappa shape index (κ1) is 19.4. The van der Waals surface area contributed by atoms with Gasteiger partial charge in [-0.2, -0.15) is 0 Å². The third-order valence-electron chi connectivity index (χ3n) is 3.52. The van der Waals surface area contributed by atoms with Crippen LogP contribution in [0.1, 0.15) is 27.6 Å². The van der Waals surface area contributed by atoms with E-state index in [0.717, 1.165) is 5.01 Å². The number of guanidine groups is 1. The van der Waals surface area contributed by atoms with E-state index in [1.54, 1.807) is 41.7 Å². The van der Waals surface area contributed by atoms with Gasteiger partial charge in [0.1, 0.15) is 6.54 Å². The lowest BCUT2D eigenvalue weighted by Crippen LogP contribution is -2.39. The molecule has 2 N–H and O–H groups in total. The van der Waals surface area contributed by atoms with Gasteiger partial charge in [-0.15, -0.1) is 22.7 Å². The van der Waals surface area contributed by atoms with Crippen LogP contribution in [0.4, 0.5) is 0 Å². The second-order valence-electron chi connectivity index (χ2n) is 5.98. The van der Waals surface area contributed by atoms with Crippen molar-refractivity contribution < 1.29 is 4.79 Å². The molecular formula is C17H25N5OS2. The number of amides is 1. The number of nitrogens with one attached hydrogen (secondary N) is 2. The fourth-order valence-corrected chi connectivity index (χ4v) is 3.45. The SMILES string of the molecule is Cc1cnc(C(C)CNC(=NCC(=O)N(C)C)NCc2cccs2)s1. The summed E-state index contributed by atoms with van der Waals surface area (Å²) in [5, 5.41) is 9.76. The van der Waals surface area contributed by atoms with Gasteiger partial charge in [0, 0.05) is 42.5 Å². The number of likely N-dealkylation sites (N-methyl/N-ethyl adjacent to an activating group) is 1. The predicted octanol–water partition coefficient (Wildman–Crippen LogP) is 2.44. The van der Waals surface area contributed by atoms with E-state index in [-0.39, 0.29) is 18.4 Å². The van der Waals surface area contributed by atoms with Crippen LogP contribution in [0.2, 0.25) is 0 Å². The number of thiophene rings is 1. The highest BCUT2D eigenvalue weighted by molar-refractivity contribution is 7.11. The lowest BCUT2D eigenvalue weighted by Gasteiger charge is -2.15. The number of hydrogen-bond donors (Lipinski definition) is 2. The molecule has 25 heavy (non-hydrogen) atoms. The van der Waals surface area contributed by atoms with Crippen molar-refractivity contribution >= 4 is 34.5 Å². The maximum absolute atomic E-state index is 11.8. The van der Waals surface area contributed by atoms with Gasteiger partial charge in [0.15, 0.2) is 5.96 Å². The van der Waals surface area contributed by atoms with E-state index in [1.807, 2.05) is 17.6 Å². The largest absolute Gasteiger partial charge is 0.356 e. The Morgan fingerprint density at radius 1 is 1.40 bits per heavy atom. The number of aryl methyl sites for hydroxylation is 1. The minimum absolute atomic E-state index is 0.0270. The second-order valence-corrected chi connectivity index (χ2v) is 8.28. The number of nitrogens with zero attached hydrogens (tertiary/aromatic N) is 3. The van der Waals surface area contributed by atoms with Crippen molar-refractivity contribution in [3.63, 3.8) is 0 Å². The van der Waals surface area contributed by atoms with E-state index in [0.29, 0.717) is 19.0 Å². The summed E-state index contributed by atoms with van der Waals surface area (Å²) in [6.07, 6.45) is 1.90. The minimum atomic E-state index is -0.0270. The van der Waals surface area contributed by atoms with Crippen molar-refractivity contribution in [2.45, 2.75) is 26.3 Å². The highest BCUT2D eigenvalue weighted by Gasteiger charge is 2.11. The van der Waals surface area contributed by atoms with Crippen LogP contribution in [0.3, 0.4) is 0 Å². The van der Waals surface area contributed by atoms with Crippen LogP contribution >= 0.6 is 22.7 Å². The van der Waals surface area contributed by atoms with Crippen molar-refractivity contribution in [2.24, 2.45) is 4.99 Å². The highest BCUT2D eigenvalue weighted by Crippen LogP contribution is 2.20. The molecule has 0 saturated carbocycles. The number of thiazole rings is 1. The van der Waals surface area contributed by atoms with Crippen LogP contribution in [0, 0.1) is 6.92 Å². The molecule has 8 heteroatoms. The van der Waals surface area contributed by atoms with E-state index in [2.05, 4.69) is 40.5 Å². The summed E-state index contributed by atoms with van der Waals surface area (Å²) in [5.41, 5.74) is 0. The molecule has 0 bridgehead atoms. The van der Waals surface area contributed by atoms with Gasteiger partial charge in [-0.3, -0.25) is 4.79 Å². The number of aromatic nitrogens is 1. The quantitative estimate of drug-likeness (QED) is 0.573. The Hall–Kier alpha value is -1.93. The van der Waals surface area contributed by atoms with Crippen LogP contribution in [-0.2, 0) is 11.3 Å². The summed E-state index contributed by atoms with van der Waals surface area (Å²) < 4.78 is 0. The zero-order valence-corrected chi connectivity index (χ0v) is 16.7. The van der Waals surface area contributed by atoms with Crippen molar-refractivity contribution in [3.8, 4) is 0 Å². The van der Waals surface area contributed by atoms with E-state index >= 15 is 0 Å². The zero-order chi connectivity index (χ0) is 18.2. The van der Waals surface area contributed by atoms with Crippen LogP contribution in [0.5, 0.6) is 0 Å². The highest BCUT2D eigenvalue weighted by atomic mass is 32.1. The topological polar surface area (TPSA) is 69.6 Å². The molecule has 0 radical (unpaired) electrons. The Balaban J connectivity index is 1.94. The maximum atomic E-state index is 11.8. The second kappa shape index (κ2) is 9.53. The molecule has 0 aromatic carbocycles. The molecule has 1 unspecified atom stereocenters. The molecule has 2 rings (SSSR count). The summed E-state index contributed by atoms with van der Waals surface area (Å²) in [6, 6.07) is 4.09. The summed E-state index contributed by atoms with van der Waals surface area (Å²) >= 11 is 3.40. The number of rotatable bonds is 7. The normalized spacial score (nSPS) is 12.7. The fraction of sp³-hybridized carbons (Fsp3) is 0.471. The summed E-state index contributed by atoms with van der Waals surface area (Å²) in [7, 11) is 3.47. The number of carbonyl (C=O) groups excluding carboxylic acids is 1. The molecule has 136 valence electrons. The van der Waals surface area contributed by atoms with Crippen molar-refractivity contribution in [1.82, 2.24) is 20.5 Å². The lowest BCUT2D eigenvalue weighted by atomic mass is 10.2. The van der Waals surface area contributed by atoms with Gasteiger partial charge in [0.05, 0.1) is 11.6 Å². The third-order valence-corrected chi connectivity index (χ3v) is 5.54. The third kappa shape index (κ3) is 6.47. The molecule has 2 aromatic rings. The first-order chi connectivity index (χ1) is 12.0. The molecule has 0 saturated heterocycles. The fourth-order valence-electron chi connectivity index (χ4n) is 1.98. The summed E-state index contributed by atoms with van der Waals surface area (Å²) in [5.74, 6) is 0.890. The van der Waals surface area contributed by atoms with Gasteiger partial charge in [-0.25, -0.2) is 9.98 Å². The Morgan fingerprint density at radius 3 is 2.80 bits per heavy atom. The average molecular weight is 380 g/mol. The molecule has 2 aromatic heterocycles. The predicted molar refractivity (Wildman–Crippen MR) is 105 cm³/mol. The van der Waals surface area contributed by atoms with E-state index in [4.69, 9.17) is 0 Å². The van der Waals surface area contributed by atoms with Crippen molar-refractivity contribution in [1.29, 1.82) is 0 Å². The standard InChI is InChI=1S/C17H25N5OS2/c1-12(16-18-9-13(2)25-16)8-19-17(21-11-15(23)22(3)4)20-10-14-6-5-7-24-14/h5-7,9,12H,8,10-11H2,1-4H3,(H2,19,20,21). The van der Waals surface area contributed by atoms with Gasteiger partial charge in [0.2, 0.25) is 5.91 Å². The first-order valence-electron chi connectivity index (χ1n) is 8.12. The molecule has 0 spiro atoms. The van der Waals surface area contributed by atoms with Crippen LogP contribution < -0.4 is 10.6 Å². The lowest BCUT2D eigenvalue weighted by molar-refractivity contribution is -0.127. The molecular weight excluding hydrogens is 354 g/mol. The van der Waals surface area contributed by atoms with E-state index in [9.17, 15) is 4.79 Å². The van der Waals surface area contributed by atoms with Crippen LogP contribution in [-0.4, -0.2) is 48.9 Å². The maximum Gasteiger partial charge on any atom is 0.243 e. The molecule has 2 heterocycles. The first-order valence-corrected chi connectivity index (χ1v) is 9.82. The van der Waals surface area contributed by atoms with Crippen molar-refractivity contribution in [2.75, 3.05) is 27.2 Å². The molecule has 0 fully saturated rings. The van der Waals surface area contributed by atoms with Gasteiger partial charge >= 0.3 is 0 Å². The molecule has 1 amide bonds.